The van der Waals surface area contributed by atoms with E-state index in [1.807, 2.05) is 61.5 Å². The Hall–Kier alpha value is -2.38. The number of ether oxygens (including phenoxy) is 1. The van der Waals surface area contributed by atoms with Gasteiger partial charge in [-0.05, 0) is 43.2 Å². The van der Waals surface area contributed by atoms with Gasteiger partial charge in [-0.1, -0.05) is 30.3 Å². The molecule has 2 aromatic rings. The molecule has 0 aliphatic heterocycles. The van der Waals surface area contributed by atoms with Crippen LogP contribution in [-0.2, 0) is 14.6 Å². The van der Waals surface area contributed by atoms with Crippen molar-refractivity contribution in [2.75, 3.05) is 12.0 Å². The lowest BCUT2D eigenvalue weighted by atomic mass is 10.1. The number of hydrogen-bond donors (Lipinski definition) is 2. The first kappa shape index (κ1) is 19.9. The van der Waals surface area contributed by atoms with Crippen LogP contribution in [0.25, 0.3) is 0 Å². The molecule has 2 rings (SSSR count). The van der Waals surface area contributed by atoms with Crippen molar-refractivity contribution in [2.24, 2.45) is 5.73 Å². The summed E-state index contributed by atoms with van der Waals surface area (Å²) in [6.07, 6.45) is 1.22. The minimum absolute atomic E-state index is 0.0985. The molecule has 0 aliphatic carbocycles. The highest BCUT2D eigenvalue weighted by atomic mass is 32.2. The third-order valence-electron chi connectivity index (χ3n) is 3.85. The summed E-state index contributed by atoms with van der Waals surface area (Å²) in [5, 5.41) is 2.80. The van der Waals surface area contributed by atoms with Crippen molar-refractivity contribution in [2.45, 2.75) is 25.4 Å². The molecular formula is C19H24N2O4S. The van der Waals surface area contributed by atoms with Crippen LogP contribution in [-0.4, -0.2) is 32.4 Å². The zero-order valence-corrected chi connectivity index (χ0v) is 15.7. The number of para-hydroxylation sites is 1. The van der Waals surface area contributed by atoms with Crippen LogP contribution in [0.4, 0.5) is 0 Å². The van der Waals surface area contributed by atoms with Crippen LogP contribution in [0, 0.1) is 0 Å². The normalized spacial score (nSPS) is 13.7. The topological polar surface area (TPSA) is 98.5 Å². The van der Waals surface area contributed by atoms with Gasteiger partial charge in [0.2, 0.25) is 5.91 Å². The summed E-state index contributed by atoms with van der Waals surface area (Å²) >= 11 is 0. The molecule has 0 bridgehead atoms. The van der Waals surface area contributed by atoms with E-state index in [-0.39, 0.29) is 24.1 Å². The molecule has 2 unspecified atom stereocenters. The van der Waals surface area contributed by atoms with Crippen LogP contribution < -0.4 is 15.8 Å². The fraction of sp³-hybridized carbons (Fsp3) is 0.316. The molecule has 0 aromatic heterocycles. The second kappa shape index (κ2) is 8.82. The number of carbonyl (C=O) groups is 1. The highest BCUT2D eigenvalue weighted by Gasteiger charge is 2.18. The van der Waals surface area contributed by atoms with Gasteiger partial charge >= 0.3 is 0 Å². The van der Waals surface area contributed by atoms with Crippen LogP contribution >= 0.6 is 0 Å². The Bertz CT molecular complexity index is 820. The van der Waals surface area contributed by atoms with E-state index < -0.39 is 15.9 Å². The second-order valence-corrected chi connectivity index (χ2v) is 8.50. The summed E-state index contributed by atoms with van der Waals surface area (Å²) in [6, 6.07) is 15.7. The zero-order chi connectivity index (χ0) is 19.2. The van der Waals surface area contributed by atoms with Crippen LogP contribution in [0.3, 0.4) is 0 Å². The van der Waals surface area contributed by atoms with E-state index in [0.717, 1.165) is 17.6 Å². The van der Waals surface area contributed by atoms with Crippen LogP contribution in [0.5, 0.6) is 11.5 Å². The van der Waals surface area contributed by atoms with E-state index in [4.69, 9.17) is 10.5 Å². The summed E-state index contributed by atoms with van der Waals surface area (Å²) in [7, 11) is -3.14. The lowest BCUT2D eigenvalue weighted by Gasteiger charge is -2.18. The van der Waals surface area contributed by atoms with E-state index in [9.17, 15) is 13.2 Å². The Morgan fingerprint density at radius 1 is 1.08 bits per heavy atom. The summed E-state index contributed by atoms with van der Waals surface area (Å²) in [6.45, 7) is 1.84. The minimum Gasteiger partial charge on any atom is -0.457 e. The maximum Gasteiger partial charge on any atom is 0.237 e. The standard InChI is InChI=1S/C19H24N2O4S/c1-14(21-19(22)18(20)12-13-26(2,23)24)15-8-10-17(11-9-15)25-16-6-4-3-5-7-16/h3-11,14,18H,12-13,20H2,1-2H3,(H,21,22). The number of hydrogen-bond acceptors (Lipinski definition) is 5. The zero-order valence-electron chi connectivity index (χ0n) is 14.9. The number of carbonyl (C=O) groups excluding carboxylic acids is 1. The Balaban J connectivity index is 1.90. The predicted octanol–water partition coefficient (Wildman–Crippen LogP) is 2.42. The van der Waals surface area contributed by atoms with Crippen molar-refractivity contribution in [3.05, 3.63) is 60.2 Å². The molecule has 1 amide bonds. The molecular weight excluding hydrogens is 352 g/mol. The number of nitrogens with one attached hydrogen (secondary N) is 1. The molecule has 3 N–H and O–H groups in total. The van der Waals surface area contributed by atoms with Gasteiger partial charge in [-0.2, -0.15) is 0 Å². The van der Waals surface area contributed by atoms with E-state index in [2.05, 4.69) is 5.32 Å². The highest BCUT2D eigenvalue weighted by molar-refractivity contribution is 7.90. The third kappa shape index (κ3) is 6.50. The van der Waals surface area contributed by atoms with Crippen molar-refractivity contribution in [1.29, 1.82) is 0 Å². The molecule has 0 fully saturated rings. The van der Waals surface area contributed by atoms with E-state index in [1.54, 1.807) is 0 Å². The summed E-state index contributed by atoms with van der Waals surface area (Å²) in [4.78, 5) is 12.1. The first-order valence-electron chi connectivity index (χ1n) is 8.31. The van der Waals surface area contributed by atoms with Crippen molar-refractivity contribution in [3.63, 3.8) is 0 Å². The first-order valence-corrected chi connectivity index (χ1v) is 10.4. The number of benzene rings is 2. The molecule has 2 atom stereocenters. The monoisotopic (exact) mass is 376 g/mol. The van der Waals surface area contributed by atoms with Crippen LogP contribution in [0.15, 0.2) is 54.6 Å². The SMILES string of the molecule is CC(NC(=O)C(N)CCS(C)(=O)=O)c1ccc(Oc2ccccc2)cc1. The Morgan fingerprint density at radius 3 is 2.23 bits per heavy atom. The Morgan fingerprint density at radius 2 is 1.65 bits per heavy atom. The van der Waals surface area contributed by atoms with Gasteiger partial charge in [-0.25, -0.2) is 8.42 Å². The maximum absolute atomic E-state index is 12.1. The van der Waals surface area contributed by atoms with Gasteiger partial charge < -0.3 is 15.8 Å². The first-order chi connectivity index (χ1) is 12.2. The average Bonchev–Trinajstić information content (AvgIpc) is 2.60. The lowest BCUT2D eigenvalue weighted by Crippen LogP contribution is -2.42. The Labute approximate surface area is 154 Å². The van der Waals surface area contributed by atoms with E-state index >= 15 is 0 Å². The molecule has 0 saturated heterocycles. The molecule has 0 spiro atoms. The Kier molecular flexibility index (Phi) is 6.76. The van der Waals surface area contributed by atoms with Crippen molar-refractivity contribution >= 4 is 15.7 Å². The highest BCUT2D eigenvalue weighted by Crippen LogP contribution is 2.23. The lowest BCUT2D eigenvalue weighted by molar-refractivity contribution is -0.123. The molecule has 0 heterocycles. The molecule has 0 aliphatic rings. The molecule has 7 heteroatoms. The fourth-order valence-electron chi connectivity index (χ4n) is 2.33. The van der Waals surface area contributed by atoms with Crippen LogP contribution in [0.1, 0.15) is 24.9 Å². The van der Waals surface area contributed by atoms with Crippen LogP contribution in [0.2, 0.25) is 0 Å². The molecule has 6 nitrogen and oxygen atoms in total. The molecule has 26 heavy (non-hydrogen) atoms. The van der Waals surface area contributed by atoms with Gasteiger partial charge in [0.25, 0.3) is 0 Å². The van der Waals surface area contributed by atoms with Gasteiger partial charge in [0.05, 0.1) is 17.8 Å². The summed E-state index contributed by atoms with van der Waals surface area (Å²) in [5.74, 6) is 0.967. The smallest absolute Gasteiger partial charge is 0.237 e. The number of sulfone groups is 1. The van der Waals surface area contributed by atoms with Gasteiger partial charge in [0.1, 0.15) is 21.3 Å². The maximum atomic E-state index is 12.1. The van der Waals surface area contributed by atoms with Crippen molar-refractivity contribution in [1.82, 2.24) is 5.32 Å². The van der Waals surface area contributed by atoms with E-state index in [0.29, 0.717) is 5.75 Å². The van der Waals surface area contributed by atoms with Gasteiger partial charge in [0, 0.05) is 6.26 Å². The number of rotatable bonds is 8. The molecule has 0 saturated carbocycles. The van der Waals surface area contributed by atoms with Gasteiger partial charge in [-0.15, -0.1) is 0 Å². The largest absolute Gasteiger partial charge is 0.457 e. The quantitative estimate of drug-likeness (QED) is 0.737. The van der Waals surface area contributed by atoms with Gasteiger partial charge in [0.15, 0.2) is 0 Å². The fourth-order valence-corrected chi connectivity index (χ4v) is 3.01. The number of nitrogens with two attached hydrogens (primary N) is 1. The molecule has 2 aromatic carbocycles. The third-order valence-corrected chi connectivity index (χ3v) is 4.83. The average molecular weight is 376 g/mol. The van der Waals surface area contributed by atoms with Gasteiger partial charge in [-0.3, -0.25) is 4.79 Å². The molecule has 140 valence electrons. The second-order valence-electron chi connectivity index (χ2n) is 6.24. The van der Waals surface area contributed by atoms with E-state index in [1.165, 1.54) is 0 Å². The van der Waals surface area contributed by atoms with Crippen molar-refractivity contribution in [3.8, 4) is 11.5 Å². The molecule has 0 radical (unpaired) electrons. The minimum atomic E-state index is -3.14. The predicted molar refractivity (Wildman–Crippen MR) is 102 cm³/mol. The summed E-state index contributed by atoms with van der Waals surface area (Å²) in [5.41, 5.74) is 6.66. The summed E-state index contributed by atoms with van der Waals surface area (Å²) < 4.78 is 28.1. The number of amides is 1. The van der Waals surface area contributed by atoms with Crippen molar-refractivity contribution < 1.29 is 17.9 Å².